The van der Waals surface area contributed by atoms with Crippen molar-refractivity contribution >= 4 is 28.7 Å². The first-order valence-corrected chi connectivity index (χ1v) is 7.58. The van der Waals surface area contributed by atoms with Crippen molar-refractivity contribution in [3.05, 3.63) is 38.8 Å². The lowest BCUT2D eigenvalue weighted by atomic mass is 10.2. The van der Waals surface area contributed by atoms with E-state index >= 15 is 0 Å². The quantitative estimate of drug-likeness (QED) is 0.601. The zero-order valence-corrected chi connectivity index (χ0v) is 12.7. The maximum atomic E-state index is 11.1. The Labute approximate surface area is 126 Å². The van der Waals surface area contributed by atoms with Crippen LogP contribution in [0.3, 0.4) is 0 Å². The number of nitrogens with one attached hydrogen (secondary N) is 2. The number of aromatic nitrogens is 2. The van der Waals surface area contributed by atoms with E-state index < -0.39 is 4.92 Å². The average molecular weight is 307 g/mol. The molecule has 21 heavy (non-hydrogen) atoms. The summed E-state index contributed by atoms with van der Waals surface area (Å²) in [6, 6.07) is 2.98. The lowest BCUT2D eigenvalue weighted by Gasteiger charge is -2.15. The van der Waals surface area contributed by atoms with Crippen molar-refractivity contribution in [2.75, 3.05) is 17.2 Å². The summed E-state index contributed by atoms with van der Waals surface area (Å²) >= 11 is 1.52. The molecule has 2 aromatic rings. The van der Waals surface area contributed by atoms with E-state index in [2.05, 4.69) is 20.6 Å². The maximum absolute atomic E-state index is 11.1. The first kappa shape index (κ1) is 15.2. The molecule has 1 unspecified atom stereocenters. The van der Waals surface area contributed by atoms with Gasteiger partial charge in [0.1, 0.15) is 10.8 Å². The second-order valence-corrected chi connectivity index (χ2v) is 5.25. The van der Waals surface area contributed by atoms with E-state index in [1.807, 2.05) is 19.2 Å². The smallest absolute Gasteiger partial charge is 0.311 e. The van der Waals surface area contributed by atoms with Crippen LogP contribution >= 0.6 is 11.3 Å². The summed E-state index contributed by atoms with van der Waals surface area (Å²) in [6.45, 7) is 4.65. The molecule has 2 rings (SSSR count). The van der Waals surface area contributed by atoms with Gasteiger partial charge < -0.3 is 10.6 Å². The lowest BCUT2D eigenvalue weighted by Crippen LogP contribution is -2.13. The van der Waals surface area contributed by atoms with Crippen molar-refractivity contribution in [2.45, 2.75) is 26.3 Å². The predicted octanol–water partition coefficient (Wildman–Crippen LogP) is 3.44. The molecule has 2 heterocycles. The Kier molecular flexibility index (Phi) is 5.04. The Balaban J connectivity index is 2.31. The third kappa shape index (κ3) is 3.66. The number of anilines is 2. The molecular formula is C13H17N5O2S. The molecule has 2 aromatic heterocycles. The van der Waals surface area contributed by atoms with Gasteiger partial charge >= 0.3 is 5.69 Å². The van der Waals surface area contributed by atoms with Gasteiger partial charge in [0.05, 0.1) is 11.0 Å². The first-order chi connectivity index (χ1) is 10.2. The number of nitrogens with zero attached hydrogens (tertiary/aromatic N) is 3. The van der Waals surface area contributed by atoms with E-state index in [0.717, 1.165) is 11.4 Å². The van der Waals surface area contributed by atoms with Crippen molar-refractivity contribution in [1.82, 2.24) is 9.97 Å². The molecule has 8 heteroatoms. The van der Waals surface area contributed by atoms with Gasteiger partial charge in [0.2, 0.25) is 5.82 Å². The zero-order valence-electron chi connectivity index (χ0n) is 11.9. The van der Waals surface area contributed by atoms with Gasteiger partial charge in [-0.1, -0.05) is 6.92 Å². The highest BCUT2D eigenvalue weighted by Crippen LogP contribution is 2.29. The van der Waals surface area contributed by atoms with E-state index in [-0.39, 0.29) is 17.5 Å². The molecule has 0 spiro atoms. The van der Waals surface area contributed by atoms with Crippen LogP contribution in [0, 0.1) is 10.1 Å². The fraction of sp³-hybridized carbons (Fsp3) is 0.385. The first-order valence-electron chi connectivity index (χ1n) is 6.70. The molecule has 2 N–H and O–H groups in total. The van der Waals surface area contributed by atoms with Crippen LogP contribution in [0.2, 0.25) is 0 Å². The van der Waals surface area contributed by atoms with Crippen molar-refractivity contribution in [3.8, 4) is 0 Å². The normalized spacial score (nSPS) is 11.9. The van der Waals surface area contributed by atoms with Crippen LogP contribution in [0.4, 0.5) is 17.3 Å². The molecule has 1 atom stereocenters. The molecular weight excluding hydrogens is 290 g/mol. The van der Waals surface area contributed by atoms with E-state index in [1.54, 1.807) is 12.3 Å². The minimum absolute atomic E-state index is 0.0355. The SMILES string of the molecule is CCNc1ccc([N+](=O)[O-])c(NC(CC)c2nccs2)n1. The van der Waals surface area contributed by atoms with Crippen LogP contribution in [0.5, 0.6) is 0 Å². The molecule has 0 aliphatic carbocycles. The van der Waals surface area contributed by atoms with Gasteiger partial charge in [-0.15, -0.1) is 11.3 Å². The summed E-state index contributed by atoms with van der Waals surface area (Å²) < 4.78 is 0. The van der Waals surface area contributed by atoms with E-state index in [1.165, 1.54) is 17.4 Å². The maximum Gasteiger partial charge on any atom is 0.311 e. The molecule has 0 bridgehead atoms. The van der Waals surface area contributed by atoms with Crippen LogP contribution in [0.1, 0.15) is 31.3 Å². The number of nitro groups is 1. The van der Waals surface area contributed by atoms with Gasteiger partial charge in [-0.05, 0) is 19.4 Å². The fourth-order valence-electron chi connectivity index (χ4n) is 1.89. The summed E-state index contributed by atoms with van der Waals surface area (Å²) in [5, 5.41) is 20.1. The Morgan fingerprint density at radius 3 is 2.81 bits per heavy atom. The van der Waals surface area contributed by atoms with Gasteiger partial charge in [-0.3, -0.25) is 10.1 Å². The minimum atomic E-state index is -0.431. The van der Waals surface area contributed by atoms with Crippen molar-refractivity contribution in [3.63, 3.8) is 0 Å². The molecule has 0 radical (unpaired) electrons. The fourth-order valence-corrected chi connectivity index (χ4v) is 2.67. The molecule has 0 saturated carbocycles. The van der Waals surface area contributed by atoms with Crippen LogP contribution in [0.25, 0.3) is 0 Å². The summed E-state index contributed by atoms with van der Waals surface area (Å²) in [5.74, 6) is 0.875. The summed E-state index contributed by atoms with van der Waals surface area (Å²) in [5.41, 5.74) is -0.0355. The highest BCUT2D eigenvalue weighted by atomic mass is 32.1. The highest BCUT2D eigenvalue weighted by Gasteiger charge is 2.20. The van der Waals surface area contributed by atoms with E-state index in [9.17, 15) is 10.1 Å². The van der Waals surface area contributed by atoms with Gasteiger partial charge in [0.25, 0.3) is 0 Å². The molecule has 0 fully saturated rings. The van der Waals surface area contributed by atoms with Crippen molar-refractivity contribution in [1.29, 1.82) is 0 Å². The summed E-state index contributed by atoms with van der Waals surface area (Å²) in [7, 11) is 0. The lowest BCUT2D eigenvalue weighted by molar-refractivity contribution is -0.384. The van der Waals surface area contributed by atoms with E-state index in [4.69, 9.17) is 0 Å². The number of hydrogen-bond acceptors (Lipinski definition) is 7. The third-order valence-corrected chi connectivity index (χ3v) is 3.79. The summed E-state index contributed by atoms with van der Waals surface area (Å²) in [6.07, 6.45) is 2.49. The highest BCUT2D eigenvalue weighted by molar-refractivity contribution is 7.09. The monoisotopic (exact) mass is 307 g/mol. The van der Waals surface area contributed by atoms with Gasteiger partial charge in [0, 0.05) is 24.2 Å². The van der Waals surface area contributed by atoms with Gasteiger partial charge in [-0.25, -0.2) is 9.97 Å². The predicted molar refractivity (Wildman–Crippen MR) is 83.8 cm³/mol. The van der Waals surface area contributed by atoms with Crippen molar-refractivity contribution < 1.29 is 4.92 Å². The molecule has 0 amide bonds. The average Bonchev–Trinajstić information content (AvgIpc) is 2.99. The molecule has 112 valence electrons. The standard InChI is InChI=1S/C13H17N5O2S/c1-3-9(13-15-7-8-21-13)16-12-10(18(19)20)5-6-11(17-12)14-4-2/h5-9H,3-4H2,1-2H3,(H2,14,16,17). The zero-order chi connectivity index (χ0) is 15.2. The number of thiazole rings is 1. The van der Waals surface area contributed by atoms with Crippen LogP contribution < -0.4 is 10.6 Å². The Morgan fingerprint density at radius 2 is 2.24 bits per heavy atom. The second-order valence-electron chi connectivity index (χ2n) is 4.33. The molecule has 0 aliphatic heterocycles. The molecule has 0 saturated heterocycles. The van der Waals surface area contributed by atoms with Crippen LogP contribution in [-0.2, 0) is 0 Å². The van der Waals surface area contributed by atoms with E-state index in [0.29, 0.717) is 12.4 Å². The minimum Gasteiger partial charge on any atom is -0.370 e. The molecule has 0 aliphatic rings. The largest absolute Gasteiger partial charge is 0.370 e. The Hall–Kier alpha value is -2.22. The van der Waals surface area contributed by atoms with Crippen LogP contribution in [0.15, 0.2) is 23.7 Å². The topological polar surface area (TPSA) is 93.0 Å². The molecule has 0 aromatic carbocycles. The second kappa shape index (κ2) is 6.98. The molecule has 7 nitrogen and oxygen atoms in total. The number of rotatable bonds is 7. The van der Waals surface area contributed by atoms with Crippen LogP contribution in [-0.4, -0.2) is 21.4 Å². The summed E-state index contributed by atoms with van der Waals surface area (Å²) in [4.78, 5) is 19.3. The van der Waals surface area contributed by atoms with Crippen molar-refractivity contribution in [2.24, 2.45) is 0 Å². The Morgan fingerprint density at radius 1 is 1.43 bits per heavy atom. The van der Waals surface area contributed by atoms with Gasteiger partial charge in [0.15, 0.2) is 0 Å². The number of hydrogen-bond donors (Lipinski definition) is 2. The number of pyridine rings is 1. The third-order valence-electron chi connectivity index (χ3n) is 2.90. The Bertz CT molecular complexity index is 603. The van der Waals surface area contributed by atoms with Gasteiger partial charge in [-0.2, -0.15) is 0 Å².